The van der Waals surface area contributed by atoms with Crippen LogP contribution in [0.4, 0.5) is 8.78 Å². The van der Waals surface area contributed by atoms with Gasteiger partial charge in [-0.25, -0.2) is 8.78 Å². The van der Waals surface area contributed by atoms with Gasteiger partial charge < -0.3 is 0 Å². The average Bonchev–Trinajstić information content (AvgIpc) is 1.88. The maximum Gasteiger partial charge on any atom is 0.264 e. The molecule has 0 amide bonds. The van der Waals surface area contributed by atoms with Crippen molar-refractivity contribution < 1.29 is 8.78 Å². The van der Waals surface area contributed by atoms with E-state index in [0.29, 0.717) is 0 Å². The number of alkyl halides is 2. The minimum atomic E-state index is -2.51. The summed E-state index contributed by atoms with van der Waals surface area (Å²) in [6.45, 7) is 4.85. The van der Waals surface area contributed by atoms with Crippen molar-refractivity contribution in [2.75, 3.05) is 0 Å². The number of hydrogen-bond acceptors (Lipinski definition) is 1. The summed E-state index contributed by atoms with van der Waals surface area (Å²) in [4.78, 5) is 3.53. The van der Waals surface area contributed by atoms with Crippen LogP contribution in [0.25, 0.3) is 0 Å². The third-order valence-electron chi connectivity index (χ3n) is 0.756. The molecule has 56 valence electrons. The molecule has 0 spiro atoms. The largest absolute Gasteiger partial charge is 0.265 e. The Morgan fingerprint density at radius 2 is 2.20 bits per heavy atom. The van der Waals surface area contributed by atoms with Gasteiger partial charge in [0.1, 0.15) is 0 Å². The van der Waals surface area contributed by atoms with Gasteiger partial charge in [0.25, 0.3) is 6.43 Å². The fraction of sp³-hybridized carbons (Fsp3) is 0.286. The molecule has 0 atom stereocenters. The van der Waals surface area contributed by atoms with Gasteiger partial charge in [0.05, 0.1) is 0 Å². The molecule has 0 unspecified atom stereocenters. The second kappa shape index (κ2) is 4.85. The van der Waals surface area contributed by atoms with E-state index in [1.807, 2.05) is 0 Å². The van der Waals surface area contributed by atoms with Crippen LogP contribution >= 0.6 is 0 Å². The fourth-order valence-corrected chi connectivity index (χ4v) is 0.281. The van der Waals surface area contributed by atoms with Crippen LogP contribution in [0, 0.1) is 0 Å². The highest BCUT2D eigenvalue weighted by Crippen LogP contribution is 2.01. The number of halogens is 2. The van der Waals surface area contributed by atoms with Crippen molar-refractivity contribution in [1.82, 2.24) is 0 Å². The van der Waals surface area contributed by atoms with Crippen molar-refractivity contribution in [2.24, 2.45) is 4.99 Å². The maximum atomic E-state index is 11.6. The molecule has 0 saturated heterocycles. The zero-order chi connectivity index (χ0) is 7.98. The first-order chi connectivity index (χ1) is 4.68. The van der Waals surface area contributed by atoms with Gasteiger partial charge in [-0.2, -0.15) is 0 Å². The molecule has 0 aromatic rings. The van der Waals surface area contributed by atoms with Crippen LogP contribution in [0.3, 0.4) is 0 Å². The van der Waals surface area contributed by atoms with E-state index < -0.39 is 6.43 Å². The minimum Gasteiger partial charge on any atom is -0.265 e. The monoisotopic (exact) mass is 145 g/mol. The van der Waals surface area contributed by atoms with Crippen LogP contribution in [-0.4, -0.2) is 12.6 Å². The Morgan fingerprint density at radius 3 is 2.60 bits per heavy atom. The molecule has 0 rings (SSSR count). The summed E-state index contributed by atoms with van der Waals surface area (Å²) in [5.74, 6) is 0. The Hall–Kier alpha value is -0.990. The van der Waals surface area contributed by atoms with Crippen molar-refractivity contribution in [2.45, 2.75) is 13.3 Å². The van der Waals surface area contributed by atoms with Gasteiger partial charge in [-0.05, 0) is 6.92 Å². The van der Waals surface area contributed by atoms with Crippen LogP contribution in [0.2, 0.25) is 0 Å². The Kier molecular flexibility index (Phi) is 4.37. The van der Waals surface area contributed by atoms with E-state index in [4.69, 9.17) is 0 Å². The standard InChI is InChI=1S/C7H9F2N/c1-3-4-10-5-6(2)7(8)9/h3-5,7H,2H2,1H3/b4-3-,10-5-. The van der Waals surface area contributed by atoms with Gasteiger partial charge in [-0.15, -0.1) is 0 Å². The normalized spacial score (nSPS) is 12.0. The lowest BCUT2D eigenvalue weighted by Gasteiger charge is -1.92. The summed E-state index contributed by atoms with van der Waals surface area (Å²) in [5.41, 5.74) is -0.266. The lowest BCUT2D eigenvalue weighted by atomic mass is 10.3. The molecule has 0 aliphatic rings. The second-order valence-corrected chi connectivity index (χ2v) is 1.64. The third-order valence-corrected chi connectivity index (χ3v) is 0.756. The van der Waals surface area contributed by atoms with Gasteiger partial charge >= 0.3 is 0 Å². The van der Waals surface area contributed by atoms with Crippen molar-refractivity contribution in [3.63, 3.8) is 0 Å². The molecule has 1 nitrogen and oxygen atoms in total. The van der Waals surface area contributed by atoms with Crippen molar-refractivity contribution in [3.8, 4) is 0 Å². The van der Waals surface area contributed by atoms with Crippen molar-refractivity contribution in [1.29, 1.82) is 0 Å². The fourth-order valence-electron chi connectivity index (χ4n) is 0.281. The van der Waals surface area contributed by atoms with Crippen LogP contribution in [0.15, 0.2) is 29.4 Å². The number of allylic oxidation sites excluding steroid dienone is 2. The van der Waals surface area contributed by atoms with E-state index in [1.54, 1.807) is 13.0 Å². The van der Waals surface area contributed by atoms with E-state index >= 15 is 0 Å². The molecule has 0 heterocycles. The SMILES string of the molecule is C=C(/C=N\C=C/C)C(F)F. The molecule has 0 aromatic heterocycles. The van der Waals surface area contributed by atoms with Crippen LogP contribution in [0.1, 0.15) is 6.92 Å². The summed E-state index contributed by atoms with van der Waals surface area (Å²) in [5, 5.41) is 0. The molecule has 0 radical (unpaired) electrons. The van der Waals surface area contributed by atoms with Gasteiger partial charge in [-0.3, -0.25) is 4.99 Å². The lowest BCUT2D eigenvalue weighted by Crippen LogP contribution is -1.94. The molecular weight excluding hydrogens is 136 g/mol. The predicted octanol–water partition coefficient (Wildman–Crippen LogP) is 2.41. The average molecular weight is 145 g/mol. The summed E-state index contributed by atoms with van der Waals surface area (Å²) in [6, 6.07) is 0. The van der Waals surface area contributed by atoms with Crippen molar-refractivity contribution >= 4 is 6.21 Å². The second-order valence-electron chi connectivity index (χ2n) is 1.64. The molecule has 0 aromatic carbocycles. The van der Waals surface area contributed by atoms with E-state index in [0.717, 1.165) is 6.21 Å². The summed E-state index contributed by atoms with van der Waals surface area (Å²) < 4.78 is 23.3. The Labute approximate surface area is 58.8 Å². The van der Waals surface area contributed by atoms with Crippen molar-refractivity contribution in [3.05, 3.63) is 24.4 Å². The summed E-state index contributed by atoms with van der Waals surface area (Å²) in [7, 11) is 0. The van der Waals surface area contributed by atoms with Crippen LogP contribution in [0.5, 0.6) is 0 Å². The molecule has 0 fully saturated rings. The Bertz CT molecular complexity index is 159. The molecule has 0 saturated carbocycles. The minimum absolute atomic E-state index is 0.266. The van der Waals surface area contributed by atoms with Crippen LogP contribution in [-0.2, 0) is 0 Å². The first-order valence-electron chi connectivity index (χ1n) is 2.79. The molecular formula is C7H9F2N. The Balaban J connectivity index is 3.78. The highest BCUT2D eigenvalue weighted by atomic mass is 19.3. The van der Waals surface area contributed by atoms with Gasteiger partial charge in [0.15, 0.2) is 0 Å². The maximum absolute atomic E-state index is 11.6. The van der Waals surface area contributed by atoms with Gasteiger partial charge in [0.2, 0.25) is 0 Å². The lowest BCUT2D eigenvalue weighted by molar-refractivity contribution is 0.198. The number of aliphatic imine (C=N–C) groups is 1. The van der Waals surface area contributed by atoms with E-state index in [2.05, 4.69) is 11.6 Å². The van der Waals surface area contributed by atoms with E-state index in [9.17, 15) is 8.78 Å². The molecule has 0 aliphatic heterocycles. The third kappa shape index (κ3) is 3.95. The highest BCUT2D eigenvalue weighted by molar-refractivity contribution is 5.78. The summed E-state index contributed by atoms with van der Waals surface area (Å²) >= 11 is 0. The zero-order valence-electron chi connectivity index (χ0n) is 5.72. The smallest absolute Gasteiger partial charge is 0.264 e. The van der Waals surface area contributed by atoms with E-state index in [-0.39, 0.29) is 5.57 Å². The molecule has 0 aliphatic carbocycles. The molecule has 0 bridgehead atoms. The molecule has 0 N–H and O–H groups in total. The predicted molar refractivity (Wildman–Crippen MR) is 38.5 cm³/mol. The first-order valence-corrected chi connectivity index (χ1v) is 2.79. The Morgan fingerprint density at radius 1 is 1.60 bits per heavy atom. The molecule has 3 heteroatoms. The highest BCUT2D eigenvalue weighted by Gasteiger charge is 2.02. The number of hydrogen-bond donors (Lipinski definition) is 0. The first kappa shape index (κ1) is 9.01. The quantitative estimate of drug-likeness (QED) is 0.541. The van der Waals surface area contributed by atoms with Crippen LogP contribution < -0.4 is 0 Å². The molecule has 10 heavy (non-hydrogen) atoms. The van der Waals surface area contributed by atoms with Gasteiger partial charge in [0, 0.05) is 18.0 Å². The number of nitrogens with zero attached hydrogens (tertiary/aromatic N) is 1. The zero-order valence-corrected chi connectivity index (χ0v) is 5.72. The number of rotatable bonds is 3. The summed E-state index contributed by atoms with van der Waals surface area (Å²) in [6.07, 6.45) is 1.61. The van der Waals surface area contributed by atoms with Gasteiger partial charge in [-0.1, -0.05) is 12.7 Å². The topological polar surface area (TPSA) is 12.4 Å². The van der Waals surface area contributed by atoms with E-state index in [1.165, 1.54) is 6.20 Å².